The van der Waals surface area contributed by atoms with Crippen LogP contribution in [-0.4, -0.2) is 24.7 Å². The number of hydrogen-bond acceptors (Lipinski definition) is 7. The molecule has 8 nitrogen and oxygen atoms in total. The quantitative estimate of drug-likeness (QED) is 0.373. The molecule has 9 heteroatoms. The van der Waals surface area contributed by atoms with Crippen LogP contribution in [0.2, 0.25) is 0 Å². The zero-order valence-electron chi connectivity index (χ0n) is 18.8. The zero-order valence-corrected chi connectivity index (χ0v) is 19.6. The lowest BCUT2D eigenvalue weighted by atomic mass is 9.97. The summed E-state index contributed by atoms with van der Waals surface area (Å²) >= 11 is 0. The molecule has 0 aliphatic carbocycles. The summed E-state index contributed by atoms with van der Waals surface area (Å²) < 4.78 is 45.6. The van der Waals surface area contributed by atoms with E-state index in [2.05, 4.69) is 14.9 Å². The van der Waals surface area contributed by atoms with E-state index in [9.17, 15) is 8.42 Å². The second-order valence-corrected chi connectivity index (χ2v) is 9.54. The fourth-order valence-corrected chi connectivity index (χ4v) is 4.61. The summed E-state index contributed by atoms with van der Waals surface area (Å²) in [6.45, 7) is 7.69. The Bertz CT molecular complexity index is 1360. The molecule has 4 aromatic rings. The molecule has 4 rings (SSSR count). The van der Waals surface area contributed by atoms with Crippen LogP contribution in [-0.2, 0) is 21.4 Å². The van der Waals surface area contributed by atoms with E-state index in [4.69, 9.17) is 13.7 Å². The Morgan fingerprint density at radius 2 is 1.88 bits per heavy atom. The van der Waals surface area contributed by atoms with Crippen molar-refractivity contribution in [3.05, 3.63) is 71.7 Å². The maximum Gasteiger partial charge on any atom is 0.264 e. The fraction of sp³-hybridized carbons (Fsp3) is 0.250. The summed E-state index contributed by atoms with van der Waals surface area (Å²) in [5, 5.41) is 3.83. The molecule has 0 saturated heterocycles. The van der Waals surface area contributed by atoms with Crippen molar-refractivity contribution < 1.29 is 22.1 Å². The molecule has 172 valence electrons. The maximum atomic E-state index is 13.3. The summed E-state index contributed by atoms with van der Waals surface area (Å²) in [5.74, 6) is 0.580. The lowest BCUT2D eigenvalue weighted by Crippen LogP contribution is -2.14. The number of oxazole rings is 1. The Balaban J connectivity index is 1.80. The van der Waals surface area contributed by atoms with Crippen LogP contribution in [0.4, 0.5) is 5.88 Å². The Morgan fingerprint density at radius 3 is 2.55 bits per heavy atom. The number of sulfonamides is 1. The molecule has 0 radical (unpaired) electrons. The van der Waals surface area contributed by atoms with E-state index in [1.165, 1.54) is 6.26 Å². The van der Waals surface area contributed by atoms with E-state index in [-0.39, 0.29) is 16.9 Å². The van der Waals surface area contributed by atoms with Gasteiger partial charge in [-0.15, -0.1) is 0 Å². The lowest BCUT2D eigenvalue weighted by molar-refractivity contribution is 0.0660. The fourth-order valence-electron chi connectivity index (χ4n) is 3.34. The number of aryl methyl sites for hydroxylation is 1. The number of hydrogen-bond donors (Lipinski definition) is 1. The zero-order chi connectivity index (χ0) is 23.6. The molecule has 0 saturated carbocycles. The van der Waals surface area contributed by atoms with Crippen LogP contribution in [0.1, 0.15) is 30.7 Å². The van der Waals surface area contributed by atoms with Gasteiger partial charge in [-0.05, 0) is 57.0 Å². The highest BCUT2D eigenvalue weighted by Gasteiger charge is 2.24. The summed E-state index contributed by atoms with van der Waals surface area (Å²) in [6.07, 6.45) is 3.09. The Morgan fingerprint density at radius 1 is 1.09 bits per heavy atom. The largest absolute Gasteiger partial charge is 0.445 e. The molecule has 0 amide bonds. The molecular formula is C24H25N3O5S. The van der Waals surface area contributed by atoms with Crippen LogP contribution >= 0.6 is 0 Å². The lowest BCUT2D eigenvalue weighted by Gasteiger charge is -2.16. The van der Waals surface area contributed by atoms with Crippen LogP contribution < -0.4 is 4.72 Å². The van der Waals surface area contributed by atoms with Crippen molar-refractivity contribution in [1.82, 2.24) is 10.1 Å². The highest BCUT2D eigenvalue weighted by molar-refractivity contribution is 7.92. The van der Waals surface area contributed by atoms with Gasteiger partial charge in [0, 0.05) is 16.7 Å². The average Bonchev–Trinajstić information content (AvgIpc) is 3.44. The van der Waals surface area contributed by atoms with Gasteiger partial charge in [0.1, 0.15) is 6.26 Å². The van der Waals surface area contributed by atoms with E-state index < -0.39 is 10.0 Å². The molecule has 0 bridgehead atoms. The van der Waals surface area contributed by atoms with Gasteiger partial charge in [0.15, 0.2) is 0 Å². The van der Waals surface area contributed by atoms with Gasteiger partial charge in [-0.1, -0.05) is 29.4 Å². The highest BCUT2D eigenvalue weighted by Crippen LogP contribution is 2.34. The van der Waals surface area contributed by atoms with Crippen LogP contribution in [0.3, 0.4) is 0 Å². The first-order valence-electron chi connectivity index (χ1n) is 10.5. The van der Waals surface area contributed by atoms with E-state index in [0.717, 1.165) is 16.7 Å². The number of anilines is 1. The second-order valence-electron chi connectivity index (χ2n) is 7.89. The number of nitrogens with zero attached hydrogens (tertiary/aromatic N) is 2. The van der Waals surface area contributed by atoms with Crippen molar-refractivity contribution in [3.8, 4) is 22.6 Å². The third kappa shape index (κ3) is 4.84. The summed E-state index contributed by atoms with van der Waals surface area (Å²) in [5.41, 5.74) is 4.12. The smallest absolute Gasteiger partial charge is 0.264 e. The highest BCUT2D eigenvalue weighted by atomic mass is 32.2. The van der Waals surface area contributed by atoms with E-state index >= 15 is 0 Å². The number of rotatable bonds is 8. The summed E-state index contributed by atoms with van der Waals surface area (Å²) in [6, 6.07) is 12.4. The standard InChI is InChI=1S/C24H25N3O5S/c1-15(2)31-14-19-13-18(24-25-11-12-30-24)9-10-20(19)21-7-5-6-8-22(21)33(28,29)27-23-16(3)17(4)26-32-23/h5-13,15,27H,14H2,1-4H3. The minimum atomic E-state index is -3.96. The van der Waals surface area contributed by atoms with Crippen molar-refractivity contribution in [1.29, 1.82) is 0 Å². The van der Waals surface area contributed by atoms with Gasteiger partial charge in [0.25, 0.3) is 10.0 Å². The summed E-state index contributed by atoms with van der Waals surface area (Å²) in [7, 11) is -3.96. The molecule has 2 aromatic carbocycles. The van der Waals surface area contributed by atoms with Gasteiger partial charge >= 0.3 is 0 Å². The normalized spacial score (nSPS) is 11.8. The predicted molar refractivity (Wildman–Crippen MR) is 124 cm³/mol. The topological polar surface area (TPSA) is 107 Å². The third-order valence-electron chi connectivity index (χ3n) is 5.21. The Hall–Kier alpha value is -3.43. The first-order chi connectivity index (χ1) is 15.8. The van der Waals surface area contributed by atoms with Crippen molar-refractivity contribution in [2.45, 2.75) is 45.3 Å². The first-order valence-corrected chi connectivity index (χ1v) is 11.9. The van der Waals surface area contributed by atoms with E-state index in [1.807, 2.05) is 32.0 Å². The van der Waals surface area contributed by atoms with Gasteiger partial charge in [0.05, 0.1) is 29.5 Å². The summed E-state index contributed by atoms with van der Waals surface area (Å²) in [4.78, 5) is 4.33. The minimum absolute atomic E-state index is 0.00144. The van der Waals surface area contributed by atoms with Crippen molar-refractivity contribution in [3.63, 3.8) is 0 Å². The number of ether oxygens (including phenoxy) is 1. The Labute approximate surface area is 192 Å². The minimum Gasteiger partial charge on any atom is -0.445 e. The first kappa shape index (κ1) is 22.8. The van der Waals surface area contributed by atoms with Crippen LogP contribution in [0.25, 0.3) is 22.6 Å². The van der Waals surface area contributed by atoms with Crippen molar-refractivity contribution >= 4 is 15.9 Å². The SMILES string of the molecule is Cc1noc(NS(=O)(=O)c2ccccc2-c2ccc(-c3ncco3)cc2COC(C)C)c1C. The third-order valence-corrected chi connectivity index (χ3v) is 6.60. The molecule has 33 heavy (non-hydrogen) atoms. The monoisotopic (exact) mass is 467 g/mol. The molecule has 2 heterocycles. The number of aromatic nitrogens is 2. The van der Waals surface area contributed by atoms with Crippen LogP contribution in [0, 0.1) is 13.8 Å². The van der Waals surface area contributed by atoms with E-state index in [1.54, 1.807) is 44.3 Å². The van der Waals surface area contributed by atoms with Gasteiger partial charge in [-0.2, -0.15) is 0 Å². The van der Waals surface area contributed by atoms with Gasteiger partial charge in [0.2, 0.25) is 11.8 Å². The molecule has 0 fully saturated rings. The van der Waals surface area contributed by atoms with Gasteiger partial charge < -0.3 is 13.7 Å². The molecule has 0 spiro atoms. The van der Waals surface area contributed by atoms with E-state index in [0.29, 0.717) is 29.3 Å². The van der Waals surface area contributed by atoms with Crippen LogP contribution in [0.5, 0.6) is 0 Å². The molecule has 1 N–H and O–H groups in total. The van der Waals surface area contributed by atoms with Crippen molar-refractivity contribution in [2.24, 2.45) is 0 Å². The molecular weight excluding hydrogens is 442 g/mol. The Kier molecular flexibility index (Phi) is 6.35. The molecule has 0 aliphatic heterocycles. The number of nitrogens with one attached hydrogen (secondary N) is 1. The molecule has 0 atom stereocenters. The van der Waals surface area contributed by atoms with Crippen LogP contribution in [0.15, 0.2) is 68.8 Å². The van der Waals surface area contributed by atoms with Gasteiger partial charge in [-0.25, -0.2) is 18.1 Å². The average molecular weight is 468 g/mol. The van der Waals surface area contributed by atoms with Gasteiger partial charge in [-0.3, -0.25) is 0 Å². The molecule has 0 unspecified atom stereocenters. The predicted octanol–water partition coefficient (Wildman–Crippen LogP) is 5.34. The maximum absolute atomic E-state index is 13.3. The van der Waals surface area contributed by atoms with Crippen molar-refractivity contribution in [2.75, 3.05) is 4.72 Å². The number of benzene rings is 2. The second kappa shape index (κ2) is 9.21. The molecule has 0 aliphatic rings. The molecule has 2 aromatic heterocycles.